The van der Waals surface area contributed by atoms with Crippen LogP contribution >= 0.6 is 0 Å². The van der Waals surface area contributed by atoms with E-state index in [1.54, 1.807) is 0 Å². The minimum absolute atomic E-state index is 0.00456. The largest absolute Gasteiger partial charge is 0.392 e. The summed E-state index contributed by atoms with van der Waals surface area (Å²) in [6.45, 7) is 7.39. The maximum absolute atomic E-state index is 10.9. The highest BCUT2D eigenvalue weighted by Gasteiger charge is 2.56. The zero-order chi connectivity index (χ0) is 13.4. The second-order valence-corrected chi connectivity index (χ2v) is 7.39. The molecule has 0 saturated heterocycles. The predicted molar refractivity (Wildman–Crippen MR) is 76.2 cm³/mol. The second-order valence-electron chi connectivity index (χ2n) is 7.39. The number of aliphatic hydroxyl groups is 1. The molecule has 0 amide bonds. The van der Waals surface area contributed by atoms with Crippen molar-refractivity contribution in [3.05, 3.63) is 0 Å². The number of hydrogen-bond donors (Lipinski definition) is 2. The van der Waals surface area contributed by atoms with E-state index in [1.165, 1.54) is 32.1 Å². The molecule has 2 aliphatic rings. The molecular weight excluding hydrogens is 222 g/mol. The van der Waals surface area contributed by atoms with Gasteiger partial charge in [0.05, 0.1) is 6.10 Å². The van der Waals surface area contributed by atoms with Gasteiger partial charge in [0.1, 0.15) is 0 Å². The molecule has 0 aromatic rings. The Morgan fingerprint density at radius 2 is 1.83 bits per heavy atom. The lowest BCUT2D eigenvalue weighted by Gasteiger charge is -2.47. The molecule has 0 aliphatic heterocycles. The van der Waals surface area contributed by atoms with Gasteiger partial charge in [0.15, 0.2) is 0 Å². The van der Waals surface area contributed by atoms with Crippen LogP contribution in [-0.4, -0.2) is 17.8 Å². The third-order valence-corrected chi connectivity index (χ3v) is 6.07. The van der Waals surface area contributed by atoms with Crippen molar-refractivity contribution in [1.82, 2.24) is 0 Å². The van der Waals surface area contributed by atoms with E-state index in [0.29, 0.717) is 12.5 Å². The molecule has 0 bridgehead atoms. The van der Waals surface area contributed by atoms with Gasteiger partial charge in [-0.3, -0.25) is 0 Å². The molecule has 106 valence electrons. The van der Waals surface area contributed by atoms with Crippen molar-refractivity contribution < 1.29 is 5.11 Å². The van der Waals surface area contributed by atoms with E-state index in [4.69, 9.17) is 5.73 Å². The van der Waals surface area contributed by atoms with Crippen LogP contribution in [0.5, 0.6) is 0 Å². The normalized spacial score (nSPS) is 44.2. The van der Waals surface area contributed by atoms with E-state index >= 15 is 0 Å². The first-order chi connectivity index (χ1) is 8.48. The zero-order valence-corrected chi connectivity index (χ0v) is 12.4. The Hall–Kier alpha value is -0.0800. The van der Waals surface area contributed by atoms with Crippen LogP contribution in [0.15, 0.2) is 0 Å². The van der Waals surface area contributed by atoms with Gasteiger partial charge < -0.3 is 10.8 Å². The summed E-state index contributed by atoms with van der Waals surface area (Å²) in [5.41, 5.74) is 6.22. The van der Waals surface area contributed by atoms with Gasteiger partial charge in [-0.15, -0.1) is 0 Å². The van der Waals surface area contributed by atoms with Gasteiger partial charge >= 0.3 is 0 Å². The highest BCUT2D eigenvalue weighted by molar-refractivity contribution is 5.06. The summed E-state index contributed by atoms with van der Waals surface area (Å²) in [5, 5.41) is 10.9. The summed E-state index contributed by atoms with van der Waals surface area (Å²) in [6, 6.07) is 0. The van der Waals surface area contributed by atoms with Crippen molar-refractivity contribution in [3.63, 3.8) is 0 Å². The predicted octanol–water partition coefficient (Wildman–Crippen LogP) is 3.33. The summed E-state index contributed by atoms with van der Waals surface area (Å²) in [5.74, 6) is 1.43. The van der Waals surface area contributed by atoms with Crippen LogP contribution in [0.1, 0.15) is 65.7 Å². The Balaban J connectivity index is 2.26. The zero-order valence-electron chi connectivity index (χ0n) is 12.4. The van der Waals surface area contributed by atoms with E-state index in [0.717, 1.165) is 18.8 Å². The van der Waals surface area contributed by atoms with E-state index in [1.807, 2.05) is 0 Å². The molecule has 4 unspecified atom stereocenters. The van der Waals surface area contributed by atoms with Gasteiger partial charge in [-0.25, -0.2) is 0 Å². The molecule has 2 rings (SSSR count). The van der Waals surface area contributed by atoms with Crippen LogP contribution < -0.4 is 5.73 Å². The third kappa shape index (κ3) is 2.12. The van der Waals surface area contributed by atoms with Crippen molar-refractivity contribution >= 4 is 0 Å². The number of hydrogen-bond acceptors (Lipinski definition) is 2. The molecule has 4 atom stereocenters. The molecule has 0 radical (unpaired) electrons. The topological polar surface area (TPSA) is 46.2 Å². The first-order valence-corrected chi connectivity index (χ1v) is 7.86. The second kappa shape index (κ2) is 5.13. The van der Waals surface area contributed by atoms with Crippen molar-refractivity contribution in [2.45, 2.75) is 71.8 Å². The highest BCUT2D eigenvalue weighted by Crippen LogP contribution is 2.57. The minimum Gasteiger partial charge on any atom is -0.392 e. The first-order valence-electron chi connectivity index (χ1n) is 7.86. The maximum atomic E-state index is 10.9. The molecule has 2 heteroatoms. The standard InChI is InChI=1S/C16H31NO/c1-4-12-7-5-6-8-13(12)16(11-17)10-9-15(2,3)14(16)18/h12-14,18H,4-11,17H2,1-3H3. The van der Waals surface area contributed by atoms with Gasteiger partial charge in [0, 0.05) is 12.0 Å². The Labute approximate surface area is 112 Å². The monoisotopic (exact) mass is 253 g/mol. The Bertz CT molecular complexity index is 289. The van der Waals surface area contributed by atoms with E-state index in [9.17, 15) is 5.11 Å². The number of aliphatic hydroxyl groups excluding tert-OH is 1. The molecule has 0 heterocycles. The molecule has 0 aromatic carbocycles. The fraction of sp³-hybridized carbons (Fsp3) is 1.00. The first kappa shape index (κ1) is 14.3. The van der Waals surface area contributed by atoms with Gasteiger partial charge in [-0.1, -0.05) is 46.5 Å². The van der Waals surface area contributed by atoms with Crippen LogP contribution in [0.4, 0.5) is 0 Å². The molecule has 2 nitrogen and oxygen atoms in total. The van der Waals surface area contributed by atoms with Crippen LogP contribution in [0.25, 0.3) is 0 Å². The van der Waals surface area contributed by atoms with Gasteiger partial charge in [-0.2, -0.15) is 0 Å². The van der Waals surface area contributed by atoms with Crippen molar-refractivity contribution in [3.8, 4) is 0 Å². The van der Waals surface area contributed by atoms with E-state index < -0.39 is 0 Å². The smallest absolute Gasteiger partial charge is 0.0662 e. The molecule has 0 aromatic heterocycles. The van der Waals surface area contributed by atoms with Crippen molar-refractivity contribution in [1.29, 1.82) is 0 Å². The van der Waals surface area contributed by atoms with E-state index in [2.05, 4.69) is 20.8 Å². The number of nitrogens with two attached hydrogens (primary N) is 1. The highest BCUT2D eigenvalue weighted by atomic mass is 16.3. The fourth-order valence-corrected chi connectivity index (χ4v) is 4.81. The summed E-state index contributed by atoms with van der Waals surface area (Å²) in [7, 11) is 0. The lowest BCUT2D eigenvalue weighted by atomic mass is 9.60. The van der Waals surface area contributed by atoms with Crippen LogP contribution in [0.2, 0.25) is 0 Å². The quantitative estimate of drug-likeness (QED) is 0.810. The Kier molecular flexibility index (Phi) is 4.08. The Morgan fingerprint density at radius 1 is 1.17 bits per heavy atom. The van der Waals surface area contributed by atoms with Gasteiger partial charge in [0.2, 0.25) is 0 Å². The Morgan fingerprint density at radius 3 is 2.33 bits per heavy atom. The fourth-order valence-electron chi connectivity index (χ4n) is 4.81. The van der Waals surface area contributed by atoms with Crippen LogP contribution in [-0.2, 0) is 0 Å². The van der Waals surface area contributed by atoms with Gasteiger partial charge in [0.25, 0.3) is 0 Å². The summed E-state index contributed by atoms with van der Waals surface area (Å²) >= 11 is 0. The van der Waals surface area contributed by atoms with Crippen molar-refractivity contribution in [2.75, 3.05) is 6.54 Å². The van der Waals surface area contributed by atoms with Crippen LogP contribution in [0, 0.1) is 22.7 Å². The molecule has 0 spiro atoms. The van der Waals surface area contributed by atoms with E-state index in [-0.39, 0.29) is 16.9 Å². The minimum atomic E-state index is -0.216. The molecule has 2 fully saturated rings. The molecule has 2 saturated carbocycles. The molecule has 3 N–H and O–H groups in total. The van der Waals surface area contributed by atoms with Gasteiger partial charge in [-0.05, 0) is 36.5 Å². The van der Waals surface area contributed by atoms with Crippen molar-refractivity contribution in [2.24, 2.45) is 28.4 Å². The molecule has 2 aliphatic carbocycles. The SMILES string of the molecule is CCC1CCCCC1C1(CN)CCC(C)(C)C1O. The average Bonchev–Trinajstić information content (AvgIpc) is 2.62. The average molecular weight is 253 g/mol. The lowest BCUT2D eigenvalue weighted by molar-refractivity contribution is -0.0634. The molecule has 18 heavy (non-hydrogen) atoms. The third-order valence-electron chi connectivity index (χ3n) is 6.07. The summed E-state index contributed by atoms with van der Waals surface area (Å²) < 4.78 is 0. The molecular formula is C16H31NO. The van der Waals surface area contributed by atoms with Crippen LogP contribution in [0.3, 0.4) is 0 Å². The summed E-state index contributed by atoms with van der Waals surface area (Å²) in [6.07, 6.45) is 8.60. The number of rotatable bonds is 3. The lowest BCUT2D eigenvalue weighted by Crippen LogP contribution is -2.50. The summed E-state index contributed by atoms with van der Waals surface area (Å²) in [4.78, 5) is 0. The maximum Gasteiger partial charge on any atom is 0.0662 e.